The van der Waals surface area contributed by atoms with E-state index in [-0.39, 0.29) is 42.5 Å². The summed E-state index contributed by atoms with van der Waals surface area (Å²) in [6.07, 6.45) is 3.70. The van der Waals surface area contributed by atoms with Gasteiger partial charge in [0.25, 0.3) is 5.91 Å². The number of hydrogen-bond acceptors (Lipinski definition) is 7. The molecule has 0 radical (unpaired) electrons. The van der Waals surface area contributed by atoms with Gasteiger partial charge in [-0.2, -0.15) is 0 Å². The van der Waals surface area contributed by atoms with Crippen LogP contribution in [0.15, 0.2) is 18.2 Å². The zero-order valence-corrected chi connectivity index (χ0v) is 25.4. The van der Waals surface area contributed by atoms with E-state index in [1.54, 1.807) is 11.0 Å². The number of benzene rings is 1. The Balaban J connectivity index is 0.957. The lowest BCUT2D eigenvalue weighted by Crippen LogP contribution is -2.54. The molecule has 1 unspecified atom stereocenters. The Bertz CT molecular complexity index is 1270. The van der Waals surface area contributed by atoms with Crippen LogP contribution in [0.1, 0.15) is 93.1 Å². The third-order valence-corrected chi connectivity index (χ3v) is 9.61. The minimum absolute atomic E-state index is 0.141. The first-order valence-electron chi connectivity index (χ1n) is 15.7. The van der Waals surface area contributed by atoms with Crippen LogP contribution in [-0.2, 0) is 25.6 Å². The third kappa shape index (κ3) is 6.43. The largest absolute Gasteiger partial charge is 0.444 e. The van der Waals surface area contributed by atoms with Gasteiger partial charge in [0, 0.05) is 50.1 Å². The first-order chi connectivity index (χ1) is 20.4. The van der Waals surface area contributed by atoms with Crippen molar-refractivity contribution in [1.82, 2.24) is 20.0 Å². The molecule has 0 aromatic heterocycles. The van der Waals surface area contributed by atoms with Gasteiger partial charge in [0.05, 0.1) is 12.2 Å². The molecule has 4 fully saturated rings. The van der Waals surface area contributed by atoms with Gasteiger partial charge in [0.15, 0.2) is 0 Å². The van der Waals surface area contributed by atoms with E-state index in [1.165, 1.54) is 4.90 Å². The highest BCUT2D eigenvalue weighted by molar-refractivity contribution is 6.05. The number of halogens is 1. The SMILES string of the molecule is CC(C)(C)OC(=O)N1CCC(OC2CC(N3CC[C@@H](c4ccc5c(c4)CN(C4CCC(=O)NC4=O)C5=O)[C@@H](F)C3)C2)CC1. The number of carbonyl (C=O) groups excluding carboxylic acids is 4. The average molecular weight is 599 g/mol. The molecule has 1 N–H and O–H groups in total. The number of carbonyl (C=O) groups is 4. The van der Waals surface area contributed by atoms with Crippen LogP contribution in [0.25, 0.3) is 0 Å². The van der Waals surface area contributed by atoms with Crippen molar-refractivity contribution >= 4 is 23.8 Å². The Morgan fingerprint density at radius 1 is 1.00 bits per heavy atom. The molecule has 234 valence electrons. The lowest BCUT2D eigenvalue weighted by Gasteiger charge is -2.47. The maximum absolute atomic E-state index is 15.6. The van der Waals surface area contributed by atoms with E-state index in [0.717, 1.165) is 43.4 Å². The highest BCUT2D eigenvalue weighted by Gasteiger charge is 2.42. The van der Waals surface area contributed by atoms with Crippen LogP contribution >= 0.6 is 0 Å². The number of rotatable bonds is 5. The summed E-state index contributed by atoms with van der Waals surface area (Å²) < 4.78 is 27.4. The van der Waals surface area contributed by atoms with Gasteiger partial charge in [0.2, 0.25) is 11.8 Å². The van der Waals surface area contributed by atoms with E-state index in [2.05, 4.69) is 10.2 Å². The van der Waals surface area contributed by atoms with Gasteiger partial charge in [-0.25, -0.2) is 9.18 Å². The lowest BCUT2D eigenvalue weighted by molar-refractivity contribution is -0.136. The Kier molecular flexibility index (Phi) is 8.23. The second-order valence-corrected chi connectivity index (χ2v) is 13.8. The normalized spacial score (nSPS) is 30.6. The number of imide groups is 1. The molecule has 10 nitrogen and oxygen atoms in total. The fourth-order valence-corrected chi connectivity index (χ4v) is 7.18. The number of amides is 4. The first-order valence-corrected chi connectivity index (χ1v) is 15.7. The van der Waals surface area contributed by atoms with Gasteiger partial charge in [-0.1, -0.05) is 12.1 Å². The van der Waals surface area contributed by atoms with Crippen molar-refractivity contribution in [3.8, 4) is 0 Å². The number of piperidine rings is 3. The van der Waals surface area contributed by atoms with E-state index in [9.17, 15) is 19.2 Å². The topological polar surface area (TPSA) is 108 Å². The molecule has 3 atom stereocenters. The van der Waals surface area contributed by atoms with Crippen LogP contribution in [0.2, 0.25) is 0 Å². The van der Waals surface area contributed by atoms with Gasteiger partial charge >= 0.3 is 6.09 Å². The second kappa shape index (κ2) is 11.8. The van der Waals surface area contributed by atoms with Crippen molar-refractivity contribution in [3.05, 3.63) is 34.9 Å². The molecular weight excluding hydrogens is 555 g/mol. The molecule has 11 heteroatoms. The highest BCUT2D eigenvalue weighted by atomic mass is 19.1. The molecule has 0 bridgehead atoms. The molecule has 4 aliphatic heterocycles. The van der Waals surface area contributed by atoms with Crippen molar-refractivity contribution in [2.75, 3.05) is 26.2 Å². The monoisotopic (exact) mass is 598 g/mol. The summed E-state index contributed by atoms with van der Waals surface area (Å²) in [5.74, 6) is -1.18. The van der Waals surface area contributed by atoms with Crippen LogP contribution in [0.5, 0.6) is 0 Å². The summed E-state index contributed by atoms with van der Waals surface area (Å²) in [5, 5.41) is 2.33. The summed E-state index contributed by atoms with van der Waals surface area (Å²) in [5.41, 5.74) is 1.77. The van der Waals surface area contributed by atoms with Crippen LogP contribution in [-0.4, -0.2) is 101 Å². The Labute approximate surface area is 252 Å². The molecule has 1 aromatic carbocycles. The number of ether oxygens (including phenoxy) is 2. The van der Waals surface area contributed by atoms with Crippen molar-refractivity contribution in [2.24, 2.45) is 0 Å². The third-order valence-electron chi connectivity index (χ3n) is 9.61. The molecule has 6 rings (SSSR count). The number of hydrogen-bond donors (Lipinski definition) is 1. The maximum atomic E-state index is 15.6. The molecule has 4 heterocycles. The zero-order valence-electron chi connectivity index (χ0n) is 25.4. The van der Waals surface area contributed by atoms with E-state index >= 15 is 4.39 Å². The Hall–Kier alpha value is -3.05. The number of fused-ring (bicyclic) bond motifs is 1. The van der Waals surface area contributed by atoms with Crippen LogP contribution < -0.4 is 5.32 Å². The number of likely N-dealkylation sites (tertiary alicyclic amines) is 2. The molecule has 5 aliphatic rings. The zero-order chi connectivity index (χ0) is 30.5. The first kappa shape index (κ1) is 30.0. The van der Waals surface area contributed by atoms with Crippen LogP contribution in [0, 0.1) is 0 Å². The van der Waals surface area contributed by atoms with Gasteiger partial charge in [0.1, 0.15) is 17.8 Å². The van der Waals surface area contributed by atoms with E-state index < -0.39 is 23.7 Å². The smallest absolute Gasteiger partial charge is 0.410 e. The van der Waals surface area contributed by atoms with Gasteiger partial charge in [-0.15, -0.1) is 0 Å². The summed E-state index contributed by atoms with van der Waals surface area (Å²) in [6.45, 7) is 8.39. The fourth-order valence-electron chi connectivity index (χ4n) is 7.18. The van der Waals surface area contributed by atoms with E-state index in [0.29, 0.717) is 50.6 Å². The fraction of sp³-hybridized carbons (Fsp3) is 0.688. The second-order valence-electron chi connectivity index (χ2n) is 13.8. The molecular formula is C32H43FN4O6. The lowest BCUT2D eigenvalue weighted by atomic mass is 9.82. The van der Waals surface area contributed by atoms with E-state index in [1.807, 2.05) is 32.9 Å². The molecule has 1 saturated carbocycles. The quantitative estimate of drug-likeness (QED) is 0.517. The number of nitrogens with one attached hydrogen (secondary N) is 1. The summed E-state index contributed by atoms with van der Waals surface area (Å²) in [4.78, 5) is 54.8. The van der Waals surface area contributed by atoms with Gasteiger partial charge in [-0.05, 0) is 83.0 Å². The van der Waals surface area contributed by atoms with Crippen molar-refractivity contribution in [3.63, 3.8) is 0 Å². The Morgan fingerprint density at radius 3 is 2.42 bits per heavy atom. The average Bonchev–Trinajstić information content (AvgIpc) is 3.25. The van der Waals surface area contributed by atoms with Crippen LogP contribution in [0.3, 0.4) is 0 Å². The minimum Gasteiger partial charge on any atom is -0.444 e. The summed E-state index contributed by atoms with van der Waals surface area (Å²) >= 11 is 0. The standard InChI is InChI=1S/C32H43FN4O6/c1-32(2,3)43-31(41)35-11-8-22(9-12-35)42-23-15-21(16-23)36-13-10-24(26(33)18-36)19-4-5-25-20(14-19)17-37(30(25)40)27-6-7-28(38)34-29(27)39/h4-5,14,21-24,26-27H,6-13,15-18H2,1-3H3,(H,34,38,39)/t21?,23?,24-,26-,27?/m0/s1. The number of alkyl halides is 1. The highest BCUT2D eigenvalue weighted by Crippen LogP contribution is 2.38. The molecule has 0 spiro atoms. The molecule has 43 heavy (non-hydrogen) atoms. The van der Waals surface area contributed by atoms with Crippen molar-refractivity contribution in [1.29, 1.82) is 0 Å². The predicted molar refractivity (Wildman–Crippen MR) is 155 cm³/mol. The predicted octanol–water partition coefficient (Wildman–Crippen LogP) is 3.52. The minimum atomic E-state index is -1.01. The molecule has 1 aromatic rings. The van der Waals surface area contributed by atoms with Crippen molar-refractivity contribution in [2.45, 2.75) is 114 Å². The summed E-state index contributed by atoms with van der Waals surface area (Å²) in [6, 6.07) is 5.24. The van der Waals surface area contributed by atoms with Crippen molar-refractivity contribution < 1.29 is 33.0 Å². The summed E-state index contributed by atoms with van der Waals surface area (Å²) in [7, 11) is 0. The van der Waals surface area contributed by atoms with Crippen LogP contribution in [0.4, 0.5) is 9.18 Å². The molecule has 4 amide bonds. The van der Waals surface area contributed by atoms with Gasteiger partial charge in [-0.3, -0.25) is 24.6 Å². The van der Waals surface area contributed by atoms with E-state index in [4.69, 9.17) is 9.47 Å². The maximum Gasteiger partial charge on any atom is 0.410 e. The number of nitrogens with zero attached hydrogens (tertiary/aromatic N) is 3. The Morgan fingerprint density at radius 2 is 1.74 bits per heavy atom. The van der Waals surface area contributed by atoms with Gasteiger partial charge < -0.3 is 19.3 Å². The molecule has 3 saturated heterocycles. The molecule has 1 aliphatic carbocycles.